The van der Waals surface area contributed by atoms with Crippen LogP contribution in [0.25, 0.3) is 0 Å². The molecule has 0 N–H and O–H groups in total. The molecule has 3 aliphatic carbocycles. The molecule has 0 heterocycles. The van der Waals surface area contributed by atoms with Crippen LogP contribution in [0.4, 0.5) is 0 Å². The molecular weight excluding hydrogens is 276 g/mol. The fraction of sp³-hybridized carbons (Fsp3) is 1.00. The molecule has 0 aromatic rings. The van der Waals surface area contributed by atoms with E-state index in [1.807, 2.05) is 13.8 Å². The second kappa shape index (κ2) is 16.8. The Morgan fingerprint density at radius 3 is 1.00 bits per heavy atom. The highest BCUT2D eigenvalue weighted by Crippen LogP contribution is 2.25. The number of hydrogen-bond acceptors (Lipinski definition) is 0. The molecule has 0 unspecified atom stereocenters. The Kier molecular flexibility index (Phi) is 16.8. The maximum Gasteiger partial charge on any atom is -0.0417 e. The molecule has 0 heteroatoms. The zero-order valence-corrected chi connectivity index (χ0v) is 17.3. The molecule has 0 amide bonds. The lowest BCUT2D eigenvalue weighted by Crippen LogP contribution is -2.03. The Bertz CT molecular complexity index is 202. The van der Waals surface area contributed by atoms with Crippen LogP contribution in [0.2, 0.25) is 0 Å². The molecule has 3 aliphatic rings. The van der Waals surface area contributed by atoms with Crippen LogP contribution in [-0.4, -0.2) is 0 Å². The van der Waals surface area contributed by atoms with Crippen molar-refractivity contribution in [3.05, 3.63) is 0 Å². The van der Waals surface area contributed by atoms with E-state index in [4.69, 9.17) is 0 Å². The SMILES string of the molecule is CC.CC1CCCC1.CC1CCCCC1.CCC1CCCCC1. The van der Waals surface area contributed by atoms with Gasteiger partial charge in [-0.1, -0.05) is 131 Å². The highest BCUT2D eigenvalue weighted by Gasteiger charge is 2.09. The Morgan fingerprint density at radius 1 is 0.522 bits per heavy atom. The van der Waals surface area contributed by atoms with Gasteiger partial charge < -0.3 is 0 Å². The first-order valence-corrected chi connectivity index (χ1v) is 11.2. The van der Waals surface area contributed by atoms with E-state index < -0.39 is 0 Å². The second-order valence-electron chi connectivity index (χ2n) is 8.05. The molecular formula is C23H48. The van der Waals surface area contributed by atoms with Crippen molar-refractivity contribution in [2.75, 3.05) is 0 Å². The first-order chi connectivity index (χ1) is 11.2. The Hall–Kier alpha value is 0. The average Bonchev–Trinajstić information content (AvgIpc) is 3.10. The molecule has 0 radical (unpaired) electrons. The van der Waals surface area contributed by atoms with Gasteiger partial charge in [0.15, 0.2) is 0 Å². The zero-order chi connectivity index (χ0) is 17.3. The van der Waals surface area contributed by atoms with E-state index in [1.54, 1.807) is 0 Å². The lowest BCUT2D eigenvalue weighted by atomic mass is 9.88. The highest BCUT2D eigenvalue weighted by molar-refractivity contribution is 4.63. The van der Waals surface area contributed by atoms with Crippen molar-refractivity contribution in [3.8, 4) is 0 Å². The van der Waals surface area contributed by atoms with Gasteiger partial charge in [0.25, 0.3) is 0 Å². The van der Waals surface area contributed by atoms with Crippen LogP contribution >= 0.6 is 0 Å². The zero-order valence-electron chi connectivity index (χ0n) is 17.3. The largest absolute Gasteiger partial charge is 0.0683 e. The van der Waals surface area contributed by atoms with Crippen molar-refractivity contribution < 1.29 is 0 Å². The van der Waals surface area contributed by atoms with Gasteiger partial charge >= 0.3 is 0 Å². The molecule has 3 fully saturated rings. The molecule has 140 valence electrons. The van der Waals surface area contributed by atoms with Crippen LogP contribution in [0.3, 0.4) is 0 Å². The maximum atomic E-state index is 2.36. The van der Waals surface area contributed by atoms with E-state index in [9.17, 15) is 0 Å². The molecule has 0 bridgehead atoms. The van der Waals surface area contributed by atoms with Gasteiger partial charge in [0.1, 0.15) is 0 Å². The van der Waals surface area contributed by atoms with Crippen LogP contribution in [0.15, 0.2) is 0 Å². The van der Waals surface area contributed by atoms with Gasteiger partial charge in [-0.05, 0) is 17.8 Å². The first kappa shape index (κ1) is 23.0. The van der Waals surface area contributed by atoms with Crippen molar-refractivity contribution in [1.82, 2.24) is 0 Å². The van der Waals surface area contributed by atoms with E-state index in [2.05, 4.69) is 20.8 Å². The Morgan fingerprint density at radius 2 is 0.826 bits per heavy atom. The van der Waals surface area contributed by atoms with Gasteiger partial charge in [-0.3, -0.25) is 0 Å². The quantitative estimate of drug-likeness (QED) is 0.452. The molecule has 3 saturated carbocycles. The summed E-state index contributed by atoms with van der Waals surface area (Å²) in [5.74, 6) is 3.17. The van der Waals surface area contributed by atoms with Crippen LogP contribution in [-0.2, 0) is 0 Å². The standard InChI is InChI=1S/C8H16.C7H14.C6H12.C2H6/c1-2-8-6-4-3-5-7-8;1-7-5-3-2-4-6-7;1-6-4-2-3-5-6;1-2/h8H,2-7H2,1H3;7H,2-6H2,1H3;6H,2-5H2,1H3;1-2H3. The molecule has 0 saturated heterocycles. The van der Waals surface area contributed by atoms with E-state index in [1.165, 1.54) is 96.3 Å². The van der Waals surface area contributed by atoms with Gasteiger partial charge in [0.2, 0.25) is 0 Å². The molecule has 23 heavy (non-hydrogen) atoms. The average molecular weight is 325 g/mol. The summed E-state index contributed by atoms with van der Waals surface area (Å²) in [6.07, 6.45) is 22.3. The predicted octanol–water partition coefficient (Wildman–Crippen LogP) is 8.79. The summed E-state index contributed by atoms with van der Waals surface area (Å²) >= 11 is 0. The Labute approximate surface area is 149 Å². The third-order valence-electron chi connectivity index (χ3n) is 5.84. The fourth-order valence-corrected chi connectivity index (χ4v) is 4.03. The fourth-order valence-electron chi connectivity index (χ4n) is 4.03. The summed E-state index contributed by atoms with van der Waals surface area (Å²) < 4.78 is 0. The van der Waals surface area contributed by atoms with Crippen molar-refractivity contribution in [1.29, 1.82) is 0 Å². The van der Waals surface area contributed by atoms with Crippen LogP contribution < -0.4 is 0 Å². The van der Waals surface area contributed by atoms with E-state index in [0.29, 0.717) is 0 Å². The predicted molar refractivity (Wildman–Crippen MR) is 108 cm³/mol. The lowest BCUT2D eigenvalue weighted by Gasteiger charge is -2.18. The summed E-state index contributed by atoms with van der Waals surface area (Å²) in [6.45, 7) is 11.0. The number of hydrogen-bond donors (Lipinski definition) is 0. The summed E-state index contributed by atoms with van der Waals surface area (Å²) in [7, 11) is 0. The van der Waals surface area contributed by atoms with E-state index in [-0.39, 0.29) is 0 Å². The van der Waals surface area contributed by atoms with Crippen molar-refractivity contribution >= 4 is 0 Å². The summed E-state index contributed by atoms with van der Waals surface area (Å²) in [5.41, 5.74) is 0. The molecule has 0 nitrogen and oxygen atoms in total. The van der Waals surface area contributed by atoms with Gasteiger partial charge in [0.05, 0.1) is 0 Å². The van der Waals surface area contributed by atoms with Crippen molar-refractivity contribution in [2.45, 2.75) is 131 Å². The third kappa shape index (κ3) is 14.1. The molecule has 3 rings (SSSR count). The minimum absolute atomic E-state index is 1.04. The van der Waals surface area contributed by atoms with Crippen molar-refractivity contribution in [2.24, 2.45) is 17.8 Å². The first-order valence-electron chi connectivity index (χ1n) is 11.2. The normalized spacial score (nSPS) is 22.8. The van der Waals surface area contributed by atoms with Gasteiger partial charge in [-0.25, -0.2) is 0 Å². The maximum absolute atomic E-state index is 2.36. The molecule has 0 spiro atoms. The minimum Gasteiger partial charge on any atom is -0.0683 e. The minimum atomic E-state index is 1.04. The smallest absolute Gasteiger partial charge is 0.0417 e. The number of rotatable bonds is 1. The second-order valence-corrected chi connectivity index (χ2v) is 8.05. The molecule has 0 aromatic carbocycles. The Balaban J connectivity index is 0.000000302. The summed E-state index contributed by atoms with van der Waals surface area (Å²) in [4.78, 5) is 0. The molecule has 0 aromatic heterocycles. The van der Waals surface area contributed by atoms with E-state index >= 15 is 0 Å². The highest BCUT2D eigenvalue weighted by atomic mass is 14.2. The topological polar surface area (TPSA) is 0 Å². The molecule has 0 atom stereocenters. The van der Waals surface area contributed by atoms with Crippen LogP contribution in [0.1, 0.15) is 131 Å². The third-order valence-corrected chi connectivity index (χ3v) is 5.84. The summed E-state index contributed by atoms with van der Waals surface area (Å²) in [6, 6.07) is 0. The van der Waals surface area contributed by atoms with Gasteiger partial charge in [-0.2, -0.15) is 0 Å². The summed E-state index contributed by atoms with van der Waals surface area (Å²) in [5, 5.41) is 0. The molecule has 0 aliphatic heterocycles. The van der Waals surface area contributed by atoms with Gasteiger partial charge in [0, 0.05) is 0 Å². The van der Waals surface area contributed by atoms with Gasteiger partial charge in [-0.15, -0.1) is 0 Å². The van der Waals surface area contributed by atoms with E-state index in [0.717, 1.165) is 17.8 Å². The lowest BCUT2D eigenvalue weighted by molar-refractivity contribution is 0.349. The van der Waals surface area contributed by atoms with Crippen LogP contribution in [0.5, 0.6) is 0 Å². The monoisotopic (exact) mass is 324 g/mol. The van der Waals surface area contributed by atoms with Crippen LogP contribution in [0, 0.1) is 17.8 Å². The van der Waals surface area contributed by atoms with Crippen molar-refractivity contribution in [3.63, 3.8) is 0 Å².